The molecule has 1 atom stereocenters. The molecule has 0 N–H and O–H groups in total. The molecule has 1 aliphatic rings. The van der Waals surface area contributed by atoms with Gasteiger partial charge in [0.05, 0.1) is 24.8 Å². The maximum absolute atomic E-state index is 6.34. The van der Waals surface area contributed by atoms with E-state index in [1.54, 1.807) is 0 Å². The van der Waals surface area contributed by atoms with Crippen LogP contribution in [-0.2, 0) is 11.3 Å². The van der Waals surface area contributed by atoms with E-state index in [0.29, 0.717) is 6.10 Å². The molecule has 1 unspecified atom stereocenters. The van der Waals surface area contributed by atoms with Crippen LogP contribution in [0.2, 0.25) is 5.02 Å². The number of halogens is 1. The Balaban J connectivity index is 1.92. The lowest BCUT2D eigenvalue weighted by Gasteiger charge is -2.13. The molecule has 1 fully saturated rings. The van der Waals surface area contributed by atoms with Crippen molar-refractivity contribution >= 4 is 33.4 Å². The molecule has 3 nitrogen and oxygen atoms in total. The zero-order valence-corrected chi connectivity index (χ0v) is 15.0. The van der Waals surface area contributed by atoms with Gasteiger partial charge in [-0.05, 0) is 61.4 Å². The second kappa shape index (κ2) is 5.38. The van der Waals surface area contributed by atoms with Crippen LogP contribution in [0.3, 0.4) is 0 Å². The van der Waals surface area contributed by atoms with Gasteiger partial charge in [-0.2, -0.15) is 0 Å². The molecular weight excluding hydrogens is 332 g/mol. The Labute approximate surface area is 151 Å². The van der Waals surface area contributed by atoms with Gasteiger partial charge in [0.25, 0.3) is 0 Å². The van der Waals surface area contributed by atoms with E-state index in [9.17, 15) is 0 Å². The Hall–Kier alpha value is -2.23. The fourth-order valence-electron chi connectivity index (χ4n) is 3.96. The predicted molar refractivity (Wildman–Crippen MR) is 103 cm³/mol. The van der Waals surface area contributed by atoms with Crippen LogP contribution in [-0.4, -0.2) is 21.8 Å². The third kappa shape index (κ3) is 2.30. The van der Waals surface area contributed by atoms with Crippen LogP contribution in [0.15, 0.2) is 48.8 Å². The first-order valence-electron chi connectivity index (χ1n) is 8.60. The molecule has 4 aromatic rings. The van der Waals surface area contributed by atoms with E-state index in [4.69, 9.17) is 16.3 Å². The minimum absolute atomic E-state index is 0.332. The van der Waals surface area contributed by atoms with Crippen molar-refractivity contribution in [3.63, 3.8) is 0 Å². The second-order valence-electron chi connectivity index (χ2n) is 6.88. The van der Waals surface area contributed by atoms with E-state index in [0.717, 1.165) is 18.2 Å². The van der Waals surface area contributed by atoms with E-state index < -0.39 is 0 Å². The molecule has 3 heterocycles. The standard InChI is InChI=1S/C21H19ClN2O/c1-13-9-19(23-7-3-4-8-23)14(2)20-17-10-15(22)5-6-18(17)24(21(13)20)11-16-12-25-16/h3-10,16H,11-12H2,1-2H3. The van der Waals surface area contributed by atoms with Gasteiger partial charge < -0.3 is 13.9 Å². The monoisotopic (exact) mass is 350 g/mol. The fourth-order valence-corrected chi connectivity index (χ4v) is 4.13. The van der Waals surface area contributed by atoms with E-state index in [-0.39, 0.29) is 0 Å². The molecule has 126 valence electrons. The molecule has 25 heavy (non-hydrogen) atoms. The summed E-state index contributed by atoms with van der Waals surface area (Å²) in [5, 5.41) is 3.29. The summed E-state index contributed by atoms with van der Waals surface area (Å²) < 4.78 is 10.1. The highest BCUT2D eigenvalue weighted by Crippen LogP contribution is 2.38. The highest BCUT2D eigenvalue weighted by Gasteiger charge is 2.26. The van der Waals surface area contributed by atoms with Gasteiger partial charge in [-0.15, -0.1) is 0 Å². The molecule has 1 aliphatic heterocycles. The Morgan fingerprint density at radius 2 is 1.92 bits per heavy atom. The normalized spacial score (nSPS) is 16.8. The minimum atomic E-state index is 0.332. The lowest BCUT2D eigenvalue weighted by Crippen LogP contribution is -2.05. The number of nitrogens with zero attached hydrogens (tertiary/aromatic N) is 2. The highest BCUT2D eigenvalue weighted by atomic mass is 35.5. The second-order valence-corrected chi connectivity index (χ2v) is 7.32. The zero-order valence-electron chi connectivity index (χ0n) is 14.3. The molecule has 2 aromatic carbocycles. The van der Waals surface area contributed by atoms with Gasteiger partial charge in [0.1, 0.15) is 0 Å². The van der Waals surface area contributed by atoms with Crippen LogP contribution in [0.4, 0.5) is 0 Å². The first kappa shape index (κ1) is 15.1. The fraction of sp³-hybridized carbons (Fsp3) is 0.238. The predicted octanol–water partition coefficient (Wildman–Crippen LogP) is 5.25. The van der Waals surface area contributed by atoms with Crippen molar-refractivity contribution in [3.05, 3.63) is 64.9 Å². The summed E-state index contributed by atoms with van der Waals surface area (Å²) in [7, 11) is 0. The lowest BCUT2D eigenvalue weighted by atomic mass is 10.0. The van der Waals surface area contributed by atoms with Gasteiger partial charge in [0.2, 0.25) is 0 Å². The molecule has 0 amide bonds. The van der Waals surface area contributed by atoms with Crippen LogP contribution in [0.25, 0.3) is 27.5 Å². The zero-order chi connectivity index (χ0) is 17.1. The number of hydrogen-bond donors (Lipinski definition) is 0. The Kier molecular flexibility index (Phi) is 3.24. The summed E-state index contributed by atoms with van der Waals surface area (Å²) in [6.45, 7) is 6.15. The van der Waals surface area contributed by atoms with Crippen molar-refractivity contribution in [3.8, 4) is 5.69 Å². The minimum Gasteiger partial charge on any atom is -0.371 e. The smallest absolute Gasteiger partial charge is 0.0988 e. The number of aromatic nitrogens is 2. The summed E-state index contributed by atoms with van der Waals surface area (Å²) in [5.41, 5.74) is 6.29. The van der Waals surface area contributed by atoms with E-state index in [1.165, 1.54) is 38.6 Å². The summed E-state index contributed by atoms with van der Waals surface area (Å²) >= 11 is 6.34. The average molecular weight is 351 g/mol. The van der Waals surface area contributed by atoms with Crippen molar-refractivity contribution in [1.29, 1.82) is 0 Å². The van der Waals surface area contributed by atoms with Crippen LogP contribution >= 0.6 is 11.6 Å². The quantitative estimate of drug-likeness (QED) is 0.462. The summed E-state index contributed by atoms with van der Waals surface area (Å²) in [6.07, 6.45) is 4.52. The van der Waals surface area contributed by atoms with Crippen LogP contribution in [0.5, 0.6) is 0 Å². The first-order chi connectivity index (χ1) is 12.1. The van der Waals surface area contributed by atoms with Gasteiger partial charge in [-0.25, -0.2) is 0 Å². The topological polar surface area (TPSA) is 22.4 Å². The third-order valence-corrected chi connectivity index (χ3v) is 5.42. The summed E-state index contributed by atoms with van der Waals surface area (Å²) in [5.74, 6) is 0. The molecule has 0 spiro atoms. The molecule has 5 rings (SSSR count). The van der Waals surface area contributed by atoms with Gasteiger partial charge in [0.15, 0.2) is 0 Å². The number of aryl methyl sites for hydroxylation is 2. The molecule has 1 saturated heterocycles. The number of fused-ring (bicyclic) bond motifs is 3. The van der Waals surface area contributed by atoms with Crippen LogP contribution < -0.4 is 0 Å². The van der Waals surface area contributed by atoms with Crippen molar-refractivity contribution in [2.75, 3.05) is 6.61 Å². The summed E-state index contributed by atoms with van der Waals surface area (Å²) in [4.78, 5) is 0. The molecular formula is C21H19ClN2O. The third-order valence-electron chi connectivity index (χ3n) is 5.18. The maximum atomic E-state index is 6.34. The Morgan fingerprint density at radius 3 is 2.64 bits per heavy atom. The molecule has 0 saturated carbocycles. The number of rotatable bonds is 3. The summed E-state index contributed by atoms with van der Waals surface area (Å²) in [6, 6.07) is 12.6. The molecule has 0 aliphatic carbocycles. The first-order valence-corrected chi connectivity index (χ1v) is 8.98. The average Bonchev–Trinajstić information content (AvgIpc) is 3.13. The number of hydrogen-bond acceptors (Lipinski definition) is 1. The number of epoxide rings is 1. The molecule has 4 heteroatoms. The van der Waals surface area contributed by atoms with Crippen molar-refractivity contribution < 1.29 is 4.74 Å². The van der Waals surface area contributed by atoms with E-state index in [2.05, 4.69) is 65.7 Å². The maximum Gasteiger partial charge on any atom is 0.0988 e. The van der Waals surface area contributed by atoms with Gasteiger partial charge in [-0.1, -0.05) is 11.6 Å². The number of benzene rings is 2. The largest absolute Gasteiger partial charge is 0.371 e. The number of ether oxygens (including phenoxy) is 1. The van der Waals surface area contributed by atoms with E-state index >= 15 is 0 Å². The van der Waals surface area contributed by atoms with Gasteiger partial charge >= 0.3 is 0 Å². The Bertz CT molecular complexity index is 1100. The van der Waals surface area contributed by atoms with Gasteiger partial charge in [-0.3, -0.25) is 0 Å². The van der Waals surface area contributed by atoms with Crippen molar-refractivity contribution in [2.45, 2.75) is 26.5 Å². The van der Waals surface area contributed by atoms with E-state index in [1.807, 2.05) is 6.07 Å². The van der Waals surface area contributed by atoms with Crippen molar-refractivity contribution in [2.24, 2.45) is 0 Å². The lowest BCUT2D eigenvalue weighted by molar-refractivity contribution is 0.387. The molecule has 0 bridgehead atoms. The van der Waals surface area contributed by atoms with Crippen molar-refractivity contribution in [1.82, 2.24) is 9.13 Å². The molecule has 0 radical (unpaired) electrons. The van der Waals surface area contributed by atoms with Crippen LogP contribution in [0, 0.1) is 13.8 Å². The Morgan fingerprint density at radius 1 is 1.16 bits per heavy atom. The highest BCUT2D eigenvalue weighted by molar-refractivity contribution is 6.32. The van der Waals surface area contributed by atoms with Crippen LogP contribution in [0.1, 0.15) is 11.1 Å². The SMILES string of the molecule is Cc1c(-n2cccc2)cc(C)c2c1c1cc(Cl)ccc1n2CC1CO1. The van der Waals surface area contributed by atoms with Gasteiger partial charge in [0, 0.05) is 39.4 Å². The molecule has 2 aromatic heterocycles.